The standard InChI is InChI=1S/C15H16N2/c1-2-13-8-10-14(11-9-13)12-16-17-15-6-4-3-5-7-15/h3-11H,2,12H2,1H3. The Morgan fingerprint density at radius 2 is 1.47 bits per heavy atom. The first-order valence-corrected chi connectivity index (χ1v) is 5.89. The van der Waals surface area contributed by atoms with E-state index < -0.39 is 0 Å². The molecule has 2 aromatic rings. The van der Waals surface area contributed by atoms with Gasteiger partial charge in [0.2, 0.25) is 0 Å². The van der Waals surface area contributed by atoms with Gasteiger partial charge in [-0.05, 0) is 29.7 Å². The molecule has 0 N–H and O–H groups in total. The maximum Gasteiger partial charge on any atom is 0.0853 e. The summed E-state index contributed by atoms with van der Waals surface area (Å²) >= 11 is 0. The molecule has 2 rings (SSSR count). The lowest BCUT2D eigenvalue weighted by Crippen LogP contribution is -1.83. The molecule has 0 amide bonds. The third-order valence-corrected chi connectivity index (χ3v) is 2.63. The average molecular weight is 224 g/mol. The lowest BCUT2D eigenvalue weighted by atomic mass is 10.1. The number of nitrogens with zero attached hydrogens (tertiary/aromatic N) is 2. The van der Waals surface area contributed by atoms with Crippen LogP contribution in [0.3, 0.4) is 0 Å². The summed E-state index contributed by atoms with van der Waals surface area (Å²) in [4.78, 5) is 0. The zero-order chi connectivity index (χ0) is 11.9. The SMILES string of the molecule is CCc1ccc(CN=Nc2ccccc2)cc1. The molecule has 0 bridgehead atoms. The van der Waals surface area contributed by atoms with Gasteiger partial charge in [0.1, 0.15) is 0 Å². The number of azo groups is 1. The zero-order valence-electron chi connectivity index (χ0n) is 10.0. The first-order chi connectivity index (χ1) is 8.38. The van der Waals surface area contributed by atoms with Crippen LogP contribution >= 0.6 is 0 Å². The van der Waals surface area contributed by atoms with E-state index in [0.29, 0.717) is 6.54 Å². The minimum absolute atomic E-state index is 0.638. The van der Waals surface area contributed by atoms with Crippen molar-refractivity contribution in [2.24, 2.45) is 10.2 Å². The lowest BCUT2D eigenvalue weighted by Gasteiger charge is -1.98. The van der Waals surface area contributed by atoms with Crippen LogP contribution in [0.1, 0.15) is 18.1 Å². The highest BCUT2D eigenvalue weighted by Crippen LogP contribution is 2.12. The van der Waals surface area contributed by atoms with E-state index in [1.54, 1.807) is 0 Å². The molecular formula is C15H16N2. The van der Waals surface area contributed by atoms with Gasteiger partial charge in [0, 0.05) is 0 Å². The normalized spacial score (nSPS) is 10.9. The van der Waals surface area contributed by atoms with Crippen molar-refractivity contribution in [3.05, 3.63) is 65.7 Å². The van der Waals surface area contributed by atoms with Gasteiger partial charge in [0.25, 0.3) is 0 Å². The van der Waals surface area contributed by atoms with Crippen LogP contribution in [0.5, 0.6) is 0 Å². The largest absolute Gasteiger partial charge is 0.184 e. The highest BCUT2D eigenvalue weighted by Gasteiger charge is 1.92. The number of hydrogen-bond donors (Lipinski definition) is 0. The fraction of sp³-hybridized carbons (Fsp3) is 0.200. The van der Waals surface area contributed by atoms with Crippen molar-refractivity contribution in [1.82, 2.24) is 0 Å². The molecule has 2 nitrogen and oxygen atoms in total. The highest BCUT2D eigenvalue weighted by molar-refractivity contribution is 5.34. The third kappa shape index (κ3) is 3.52. The van der Waals surface area contributed by atoms with E-state index >= 15 is 0 Å². The van der Waals surface area contributed by atoms with E-state index in [-0.39, 0.29) is 0 Å². The van der Waals surface area contributed by atoms with Gasteiger partial charge in [0.15, 0.2) is 0 Å². The molecule has 0 radical (unpaired) electrons. The maximum atomic E-state index is 4.19. The lowest BCUT2D eigenvalue weighted by molar-refractivity contribution is 0.956. The molecule has 0 heterocycles. The van der Waals surface area contributed by atoms with Gasteiger partial charge < -0.3 is 0 Å². The molecule has 2 aromatic carbocycles. The second kappa shape index (κ2) is 5.94. The molecule has 0 saturated carbocycles. The third-order valence-electron chi connectivity index (χ3n) is 2.63. The first kappa shape index (κ1) is 11.5. The van der Waals surface area contributed by atoms with Crippen molar-refractivity contribution < 1.29 is 0 Å². The van der Waals surface area contributed by atoms with E-state index in [0.717, 1.165) is 12.1 Å². The van der Waals surface area contributed by atoms with Crippen molar-refractivity contribution in [2.75, 3.05) is 0 Å². The second-order valence-corrected chi connectivity index (χ2v) is 3.91. The molecule has 2 heteroatoms. The van der Waals surface area contributed by atoms with Gasteiger partial charge in [0.05, 0.1) is 12.2 Å². The van der Waals surface area contributed by atoms with Gasteiger partial charge >= 0.3 is 0 Å². The number of aryl methyl sites for hydroxylation is 1. The number of benzene rings is 2. The molecule has 0 aliphatic rings. The van der Waals surface area contributed by atoms with Gasteiger partial charge in [-0.2, -0.15) is 10.2 Å². The van der Waals surface area contributed by atoms with Gasteiger partial charge in [-0.3, -0.25) is 0 Å². The van der Waals surface area contributed by atoms with Crippen LogP contribution in [0.4, 0.5) is 5.69 Å². The van der Waals surface area contributed by atoms with Crippen molar-refractivity contribution in [1.29, 1.82) is 0 Å². The minimum atomic E-state index is 0.638. The summed E-state index contributed by atoms with van der Waals surface area (Å²) in [6.45, 7) is 2.79. The first-order valence-electron chi connectivity index (χ1n) is 5.89. The van der Waals surface area contributed by atoms with Crippen LogP contribution in [0.2, 0.25) is 0 Å². The average Bonchev–Trinajstić information content (AvgIpc) is 2.41. The molecule has 0 aliphatic heterocycles. The molecule has 0 atom stereocenters. The topological polar surface area (TPSA) is 24.7 Å². The molecule has 17 heavy (non-hydrogen) atoms. The molecular weight excluding hydrogens is 208 g/mol. The van der Waals surface area contributed by atoms with Crippen LogP contribution in [0.15, 0.2) is 64.8 Å². The van der Waals surface area contributed by atoms with Gasteiger partial charge in [-0.1, -0.05) is 49.4 Å². The summed E-state index contributed by atoms with van der Waals surface area (Å²) in [6.07, 6.45) is 1.08. The Kier molecular flexibility index (Phi) is 4.03. The highest BCUT2D eigenvalue weighted by atomic mass is 15.1. The van der Waals surface area contributed by atoms with E-state index in [1.165, 1.54) is 11.1 Å². The zero-order valence-corrected chi connectivity index (χ0v) is 10.0. The van der Waals surface area contributed by atoms with Crippen LogP contribution in [-0.2, 0) is 13.0 Å². The molecule has 0 aromatic heterocycles. The van der Waals surface area contributed by atoms with Crippen LogP contribution in [0, 0.1) is 0 Å². The van der Waals surface area contributed by atoms with Crippen molar-refractivity contribution in [3.63, 3.8) is 0 Å². The van der Waals surface area contributed by atoms with E-state index in [4.69, 9.17) is 0 Å². The predicted molar refractivity (Wildman–Crippen MR) is 70.5 cm³/mol. The van der Waals surface area contributed by atoms with Crippen LogP contribution in [-0.4, -0.2) is 0 Å². The summed E-state index contributed by atoms with van der Waals surface area (Å²) in [6, 6.07) is 18.3. The van der Waals surface area contributed by atoms with E-state index in [9.17, 15) is 0 Å². The molecule has 86 valence electrons. The summed E-state index contributed by atoms with van der Waals surface area (Å²) in [5.41, 5.74) is 3.45. The van der Waals surface area contributed by atoms with Crippen molar-refractivity contribution in [3.8, 4) is 0 Å². The Labute approximate surface area is 102 Å². The second-order valence-electron chi connectivity index (χ2n) is 3.91. The van der Waals surface area contributed by atoms with E-state index in [2.05, 4.69) is 41.4 Å². The van der Waals surface area contributed by atoms with E-state index in [1.807, 2.05) is 30.3 Å². The molecule has 0 aliphatic carbocycles. The van der Waals surface area contributed by atoms with Crippen LogP contribution in [0.25, 0.3) is 0 Å². The Morgan fingerprint density at radius 3 is 2.12 bits per heavy atom. The fourth-order valence-electron chi connectivity index (χ4n) is 1.57. The Balaban J connectivity index is 1.95. The maximum absolute atomic E-state index is 4.19. The van der Waals surface area contributed by atoms with Crippen molar-refractivity contribution >= 4 is 5.69 Å². The summed E-state index contributed by atoms with van der Waals surface area (Å²) in [5, 5.41) is 8.36. The minimum Gasteiger partial charge on any atom is -0.184 e. The Morgan fingerprint density at radius 1 is 0.824 bits per heavy atom. The predicted octanol–water partition coefficient (Wildman–Crippen LogP) is 4.53. The number of rotatable bonds is 4. The smallest absolute Gasteiger partial charge is 0.0853 e. The van der Waals surface area contributed by atoms with Gasteiger partial charge in [-0.15, -0.1) is 0 Å². The monoisotopic (exact) mass is 224 g/mol. The summed E-state index contributed by atoms with van der Waals surface area (Å²) in [5.74, 6) is 0. The summed E-state index contributed by atoms with van der Waals surface area (Å²) < 4.78 is 0. The molecule has 0 unspecified atom stereocenters. The molecule has 0 saturated heterocycles. The van der Waals surface area contributed by atoms with Crippen molar-refractivity contribution in [2.45, 2.75) is 19.9 Å². The molecule has 0 fully saturated rings. The Hall–Kier alpha value is -1.96. The molecule has 0 spiro atoms. The Bertz CT molecular complexity index is 472. The quantitative estimate of drug-likeness (QED) is 0.681. The number of hydrogen-bond acceptors (Lipinski definition) is 2. The summed E-state index contributed by atoms with van der Waals surface area (Å²) in [7, 11) is 0. The van der Waals surface area contributed by atoms with Gasteiger partial charge in [-0.25, -0.2) is 0 Å². The fourth-order valence-corrected chi connectivity index (χ4v) is 1.57. The van der Waals surface area contributed by atoms with Crippen LogP contribution < -0.4 is 0 Å².